The van der Waals surface area contributed by atoms with E-state index in [1.807, 2.05) is 0 Å². The molecule has 0 spiro atoms. The molecule has 0 saturated carbocycles. The van der Waals surface area contributed by atoms with E-state index in [1.165, 1.54) is 18.2 Å². The van der Waals surface area contributed by atoms with Crippen LogP contribution in [0.2, 0.25) is 5.02 Å². The number of hydrogen-bond donors (Lipinski definition) is 1. The number of carbonyl (C=O) groups is 1. The van der Waals surface area contributed by atoms with Gasteiger partial charge in [0.25, 0.3) is 0 Å². The molecule has 0 saturated heterocycles. The molecule has 0 aliphatic heterocycles. The first kappa shape index (κ1) is 15.8. The molecule has 2 N–H and O–H groups in total. The number of halogens is 2. The summed E-state index contributed by atoms with van der Waals surface area (Å²) >= 11 is 6.96. The zero-order chi connectivity index (χ0) is 15.8. The Balaban J connectivity index is 2.39. The van der Waals surface area contributed by atoms with Crippen molar-refractivity contribution in [2.24, 2.45) is 0 Å². The largest absolute Gasteiger partial charge is 0.456 e. The summed E-state index contributed by atoms with van der Waals surface area (Å²) in [5, 5.41) is 0.414. The number of esters is 1. The smallest absolute Gasteiger partial charge is 0.350 e. The van der Waals surface area contributed by atoms with Crippen LogP contribution in [0.4, 0.5) is 10.1 Å². The van der Waals surface area contributed by atoms with Gasteiger partial charge in [0, 0.05) is 15.5 Å². The van der Waals surface area contributed by atoms with Crippen LogP contribution in [0.1, 0.15) is 30.4 Å². The minimum atomic E-state index is -0.616. The first-order chi connectivity index (χ1) is 9.67. The van der Waals surface area contributed by atoms with Crippen molar-refractivity contribution in [3.8, 4) is 10.4 Å². The van der Waals surface area contributed by atoms with Crippen LogP contribution in [0.3, 0.4) is 0 Å². The first-order valence-corrected chi connectivity index (χ1v) is 7.45. The van der Waals surface area contributed by atoms with E-state index >= 15 is 0 Å². The Morgan fingerprint density at radius 2 is 2.00 bits per heavy atom. The standard InChI is InChI=1S/C15H15ClFNO2S/c1-15(2,3)20-14(19)13-11(18)7-12(21-13)9-6-8(16)4-5-10(9)17/h4-7H,18H2,1-3H3. The molecular formula is C15H15ClFNO2S. The van der Waals surface area contributed by atoms with Crippen molar-refractivity contribution in [2.75, 3.05) is 5.73 Å². The Hall–Kier alpha value is -1.59. The van der Waals surface area contributed by atoms with E-state index in [-0.39, 0.29) is 10.6 Å². The summed E-state index contributed by atoms with van der Waals surface area (Å²) in [6, 6.07) is 5.80. The van der Waals surface area contributed by atoms with Crippen molar-refractivity contribution < 1.29 is 13.9 Å². The third-order valence-corrected chi connectivity index (χ3v) is 3.94. The van der Waals surface area contributed by atoms with Crippen LogP contribution in [0, 0.1) is 5.82 Å². The molecule has 2 aromatic rings. The van der Waals surface area contributed by atoms with Crippen molar-refractivity contribution in [1.29, 1.82) is 0 Å². The zero-order valence-corrected chi connectivity index (χ0v) is 13.4. The Morgan fingerprint density at radius 1 is 1.33 bits per heavy atom. The minimum absolute atomic E-state index is 0.263. The second-order valence-corrected chi connectivity index (χ2v) is 7.01. The molecule has 0 unspecified atom stereocenters. The highest BCUT2D eigenvalue weighted by Crippen LogP contribution is 2.36. The van der Waals surface area contributed by atoms with Gasteiger partial charge < -0.3 is 10.5 Å². The molecule has 6 heteroatoms. The minimum Gasteiger partial charge on any atom is -0.456 e. The lowest BCUT2D eigenvalue weighted by atomic mass is 10.1. The van der Waals surface area contributed by atoms with Crippen LogP contribution in [0.15, 0.2) is 24.3 Å². The number of benzene rings is 1. The Kier molecular flexibility index (Phi) is 4.25. The van der Waals surface area contributed by atoms with Crippen LogP contribution in [0.5, 0.6) is 0 Å². The summed E-state index contributed by atoms with van der Waals surface area (Å²) in [5.74, 6) is -0.935. The maximum absolute atomic E-state index is 13.9. The van der Waals surface area contributed by atoms with E-state index in [0.29, 0.717) is 15.5 Å². The van der Waals surface area contributed by atoms with Crippen molar-refractivity contribution in [2.45, 2.75) is 26.4 Å². The second kappa shape index (κ2) is 5.66. The van der Waals surface area contributed by atoms with Crippen molar-refractivity contribution in [3.05, 3.63) is 40.0 Å². The highest BCUT2D eigenvalue weighted by atomic mass is 35.5. The molecule has 0 fully saturated rings. The lowest BCUT2D eigenvalue weighted by Crippen LogP contribution is -2.23. The topological polar surface area (TPSA) is 52.3 Å². The highest BCUT2D eigenvalue weighted by Gasteiger charge is 2.23. The lowest BCUT2D eigenvalue weighted by molar-refractivity contribution is 0.00764. The number of rotatable bonds is 2. The second-order valence-electron chi connectivity index (χ2n) is 5.52. The van der Waals surface area contributed by atoms with Crippen molar-refractivity contribution in [1.82, 2.24) is 0 Å². The Morgan fingerprint density at radius 3 is 2.62 bits per heavy atom. The van der Waals surface area contributed by atoms with E-state index in [4.69, 9.17) is 22.1 Å². The normalized spacial score (nSPS) is 11.5. The number of carbonyl (C=O) groups excluding carboxylic acids is 1. The van der Waals surface area contributed by atoms with Crippen molar-refractivity contribution >= 4 is 34.6 Å². The monoisotopic (exact) mass is 327 g/mol. The summed E-state index contributed by atoms with van der Waals surface area (Å²) in [4.78, 5) is 12.9. The van der Waals surface area contributed by atoms with Crippen LogP contribution < -0.4 is 5.73 Å². The molecule has 21 heavy (non-hydrogen) atoms. The maximum Gasteiger partial charge on any atom is 0.350 e. The summed E-state index contributed by atoms with van der Waals surface area (Å²) in [6.45, 7) is 5.31. The predicted molar refractivity (Wildman–Crippen MR) is 84.3 cm³/mol. The van der Waals surface area contributed by atoms with Gasteiger partial charge in [0.05, 0.1) is 5.69 Å². The number of anilines is 1. The highest BCUT2D eigenvalue weighted by molar-refractivity contribution is 7.18. The van der Waals surface area contributed by atoms with Gasteiger partial charge in [0.2, 0.25) is 0 Å². The van der Waals surface area contributed by atoms with E-state index in [1.54, 1.807) is 26.8 Å². The Bertz CT molecular complexity index is 691. The van der Waals surface area contributed by atoms with Crippen LogP contribution >= 0.6 is 22.9 Å². The van der Waals surface area contributed by atoms with Gasteiger partial charge in [-0.1, -0.05) is 11.6 Å². The molecule has 1 aromatic heterocycles. The van der Waals surface area contributed by atoms with Gasteiger partial charge in [-0.25, -0.2) is 9.18 Å². The van der Waals surface area contributed by atoms with Gasteiger partial charge in [-0.15, -0.1) is 11.3 Å². The van der Waals surface area contributed by atoms with Gasteiger partial charge in [-0.05, 0) is 45.0 Å². The van der Waals surface area contributed by atoms with E-state index < -0.39 is 17.4 Å². The predicted octanol–water partition coefficient (Wildman–Crippen LogP) is 4.75. The fraction of sp³-hybridized carbons (Fsp3) is 0.267. The van der Waals surface area contributed by atoms with Crippen LogP contribution in [-0.4, -0.2) is 11.6 Å². The summed E-state index contributed by atoms with van der Waals surface area (Å²) in [5.41, 5.74) is 5.81. The molecule has 1 aromatic carbocycles. The molecule has 0 atom stereocenters. The van der Waals surface area contributed by atoms with Crippen LogP contribution in [0.25, 0.3) is 10.4 Å². The molecule has 112 valence electrons. The average molecular weight is 328 g/mol. The van der Waals surface area contributed by atoms with Gasteiger partial charge in [-0.3, -0.25) is 0 Å². The molecule has 0 aliphatic rings. The van der Waals surface area contributed by atoms with Gasteiger partial charge in [0.1, 0.15) is 16.3 Å². The number of nitrogens with two attached hydrogens (primary N) is 1. The molecule has 0 radical (unpaired) electrons. The molecular weight excluding hydrogens is 313 g/mol. The molecule has 2 rings (SSSR count). The Labute approximate surface area is 131 Å². The lowest BCUT2D eigenvalue weighted by Gasteiger charge is -2.18. The third-order valence-electron chi connectivity index (χ3n) is 2.54. The molecule has 3 nitrogen and oxygen atoms in total. The number of hydrogen-bond acceptors (Lipinski definition) is 4. The number of thiophene rings is 1. The van der Waals surface area contributed by atoms with Gasteiger partial charge >= 0.3 is 5.97 Å². The molecule has 1 heterocycles. The zero-order valence-electron chi connectivity index (χ0n) is 11.9. The van der Waals surface area contributed by atoms with E-state index in [2.05, 4.69) is 0 Å². The van der Waals surface area contributed by atoms with Crippen molar-refractivity contribution in [3.63, 3.8) is 0 Å². The maximum atomic E-state index is 13.9. The summed E-state index contributed by atoms with van der Waals surface area (Å²) in [7, 11) is 0. The molecule has 0 bridgehead atoms. The quantitative estimate of drug-likeness (QED) is 0.810. The van der Waals surface area contributed by atoms with Crippen LogP contribution in [-0.2, 0) is 4.74 Å². The molecule has 0 aliphatic carbocycles. The van der Waals surface area contributed by atoms with E-state index in [9.17, 15) is 9.18 Å². The van der Waals surface area contributed by atoms with Gasteiger partial charge in [0.15, 0.2) is 0 Å². The number of nitrogen functional groups attached to an aromatic ring is 1. The first-order valence-electron chi connectivity index (χ1n) is 6.25. The summed E-state index contributed by atoms with van der Waals surface area (Å²) in [6.07, 6.45) is 0. The van der Waals surface area contributed by atoms with Gasteiger partial charge in [-0.2, -0.15) is 0 Å². The fourth-order valence-corrected chi connectivity index (χ4v) is 2.85. The van der Waals surface area contributed by atoms with E-state index in [0.717, 1.165) is 11.3 Å². The number of ether oxygens (including phenoxy) is 1. The average Bonchev–Trinajstić information content (AvgIpc) is 2.72. The fourth-order valence-electron chi connectivity index (χ4n) is 1.71. The molecule has 0 amide bonds. The summed E-state index contributed by atoms with van der Waals surface area (Å²) < 4.78 is 19.1. The third kappa shape index (κ3) is 3.74. The SMILES string of the molecule is CC(C)(C)OC(=O)c1sc(-c2cc(Cl)ccc2F)cc1N.